The summed E-state index contributed by atoms with van der Waals surface area (Å²) in [7, 11) is 1.44. The molecule has 2 amide bonds. The van der Waals surface area contributed by atoms with Crippen LogP contribution in [0.25, 0.3) is 0 Å². The van der Waals surface area contributed by atoms with E-state index in [1.54, 1.807) is 29.2 Å². The van der Waals surface area contributed by atoms with Gasteiger partial charge >= 0.3 is 0 Å². The number of carbonyl (C=O) groups is 3. The highest BCUT2D eigenvalue weighted by Gasteiger charge is 2.51. The van der Waals surface area contributed by atoms with Crippen molar-refractivity contribution in [1.82, 2.24) is 10.2 Å². The first kappa shape index (κ1) is 35.1. The normalized spacial score (nSPS) is 19.8. The summed E-state index contributed by atoms with van der Waals surface area (Å²) in [6.07, 6.45) is 10.2. The molecule has 2 aliphatic rings. The summed E-state index contributed by atoms with van der Waals surface area (Å²) >= 11 is 0. The first-order chi connectivity index (χ1) is 22.3. The van der Waals surface area contributed by atoms with Gasteiger partial charge < -0.3 is 29.9 Å². The van der Waals surface area contributed by atoms with E-state index in [1.807, 2.05) is 0 Å². The van der Waals surface area contributed by atoms with Crippen LogP contribution in [0.4, 0.5) is 4.39 Å². The average molecular weight is 639 g/mol. The van der Waals surface area contributed by atoms with E-state index < -0.39 is 35.9 Å². The maximum atomic E-state index is 13.9. The lowest BCUT2D eigenvalue weighted by atomic mass is 9.77. The van der Waals surface area contributed by atoms with Crippen molar-refractivity contribution >= 4 is 18.1 Å². The Morgan fingerprint density at radius 1 is 1.04 bits per heavy atom. The third-order valence-electron chi connectivity index (χ3n) is 8.85. The minimum absolute atomic E-state index is 0.00300. The maximum Gasteiger partial charge on any atom is 0.247 e. The molecule has 2 aromatic carbocycles. The number of methoxy groups -OCH3 is 1. The van der Waals surface area contributed by atoms with E-state index in [0.717, 1.165) is 19.3 Å². The topological polar surface area (TPSA) is 125 Å². The number of hydrogen-bond donors (Lipinski definition) is 3. The van der Waals surface area contributed by atoms with Gasteiger partial charge in [-0.15, -0.1) is 0 Å². The van der Waals surface area contributed by atoms with Crippen LogP contribution in [0.15, 0.2) is 48.0 Å². The molecular weight excluding hydrogens is 591 g/mol. The number of benzene rings is 2. The molecule has 1 aliphatic carbocycles. The van der Waals surface area contributed by atoms with Crippen LogP contribution in [-0.4, -0.2) is 71.7 Å². The molecule has 0 bridgehead atoms. The molecule has 4 atom stereocenters. The molecule has 0 aromatic heterocycles. The number of rotatable bonds is 18. The van der Waals surface area contributed by atoms with Crippen LogP contribution < -0.4 is 14.8 Å². The van der Waals surface area contributed by atoms with Gasteiger partial charge in [-0.2, -0.15) is 0 Å². The number of halogens is 1. The third-order valence-corrected chi connectivity index (χ3v) is 8.85. The molecule has 1 aliphatic heterocycles. The Hall–Kier alpha value is -3.76. The van der Waals surface area contributed by atoms with Crippen LogP contribution in [0.5, 0.6) is 11.5 Å². The fourth-order valence-electron chi connectivity index (χ4n) is 6.44. The highest BCUT2D eigenvalue weighted by molar-refractivity contribution is 5.96. The first-order valence-electron chi connectivity index (χ1n) is 16.5. The summed E-state index contributed by atoms with van der Waals surface area (Å²) < 4.78 is 25.5. The van der Waals surface area contributed by atoms with Crippen LogP contribution in [0.3, 0.4) is 0 Å². The average Bonchev–Trinajstić information content (AvgIpc) is 3.46. The Bertz CT molecular complexity index is 1360. The maximum absolute atomic E-state index is 13.9. The summed E-state index contributed by atoms with van der Waals surface area (Å²) in [6.45, 7) is 2.01. The van der Waals surface area contributed by atoms with Crippen LogP contribution in [-0.2, 0) is 16.1 Å². The number of hydrogen-bond acceptors (Lipinski definition) is 7. The minimum Gasteiger partial charge on any atom is -0.493 e. The van der Waals surface area contributed by atoms with E-state index in [1.165, 1.54) is 57.4 Å². The molecule has 0 saturated carbocycles. The van der Waals surface area contributed by atoms with E-state index >= 15 is 0 Å². The molecule has 4 unspecified atom stereocenters. The highest BCUT2D eigenvalue weighted by atomic mass is 19.1. The molecule has 0 fully saturated rings. The minimum atomic E-state index is -1.25. The summed E-state index contributed by atoms with van der Waals surface area (Å²) in [5, 5.41) is 23.9. The van der Waals surface area contributed by atoms with Gasteiger partial charge in [0.15, 0.2) is 11.5 Å². The van der Waals surface area contributed by atoms with Gasteiger partial charge in [-0.25, -0.2) is 4.39 Å². The molecular formula is C36H47FN2O7. The van der Waals surface area contributed by atoms with E-state index in [4.69, 9.17) is 9.47 Å². The first-order valence-corrected chi connectivity index (χ1v) is 16.5. The summed E-state index contributed by atoms with van der Waals surface area (Å²) in [5.41, 5.74) is 1.75. The Kier molecular flexibility index (Phi) is 13.2. The predicted molar refractivity (Wildman–Crippen MR) is 172 cm³/mol. The summed E-state index contributed by atoms with van der Waals surface area (Å²) in [5.74, 6) is -1.24. The lowest BCUT2D eigenvalue weighted by Gasteiger charge is -2.41. The van der Waals surface area contributed by atoms with Gasteiger partial charge in [0, 0.05) is 36.2 Å². The standard InChI is InChI=1S/C36H47FN2O7/c1-3-4-5-6-7-8-9-10-11-12-31(42)39(22-24-13-15-26(37)16-14-24)29-21-28(36(44)38-17-18-40)32-27-19-25(23-41)20-30(45-2)34(27)46-35(32)33(29)43/h13-16,19-21,23,29,32-33,35,40,43H,3-12,17-18,22H2,1-2H3,(H,38,44). The number of fused-ring (bicyclic) bond motifs is 3. The molecule has 10 heteroatoms. The number of carbonyl (C=O) groups excluding carboxylic acids is 3. The quantitative estimate of drug-likeness (QED) is 0.151. The second-order valence-corrected chi connectivity index (χ2v) is 12.1. The van der Waals surface area contributed by atoms with Crippen LogP contribution >= 0.6 is 0 Å². The SMILES string of the molecule is CCCCCCCCCCCC(=O)N(Cc1ccc(F)cc1)C1C=C(C(=O)NCCO)C2c3cc(C=O)cc(OC)c3OC2C1O. The molecule has 2 aromatic rings. The van der Waals surface area contributed by atoms with Crippen molar-refractivity contribution in [3.05, 3.63) is 70.6 Å². The Morgan fingerprint density at radius 3 is 2.35 bits per heavy atom. The smallest absolute Gasteiger partial charge is 0.247 e. The number of nitrogens with zero attached hydrogens (tertiary/aromatic N) is 1. The van der Waals surface area contributed by atoms with Gasteiger partial charge in [-0.05, 0) is 42.3 Å². The lowest BCUT2D eigenvalue weighted by molar-refractivity contribution is -0.138. The Balaban J connectivity index is 1.62. The summed E-state index contributed by atoms with van der Waals surface area (Å²) in [6, 6.07) is 8.03. The van der Waals surface area contributed by atoms with E-state index in [0.29, 0.717) is 35.1 Å². The van der Waals surface area contributed by atoms with Crippen molar-refractivity contribution in [2.75, 3.05) is 20.3 Å². The molecule has 0 saturated heterocycles. The van der Waals surface area contributed by atoms with Gasteiger partial charge in [0.1, 0.15) is 24.3 Å². The van der Waals surface area contributed by atoms with Gasteiger partial charge in [-0.1, -0.05) is 70.4 Å². The van der Waals surface area contributed by atoms with Gasteiger partial charge in [-0.3, -0.25) is 14.4 Å². The second kappa shape index (κ2) is 17.2. The van der Waals surface area contributed by atoms with Crippen LogP contribution in [0.1, 0.15) is 98.5 Å². The Labute approximate surface area is 270 Å². The number of amides is 2. The van der Waals surface area contributed by atoms with E-state index in [2.05, 4.69) is 12.2 Å². The van der Waals surface area contributed by atoms with Crippen molar-refractivity contribution in [3.8, 4) is 11.5 Å². The van der Waals surface area contributed by atoms with Gasteiger partial charge in [0.2, 0.25) is 11.8 Å². The second-order valence-electron chi connectivity index (χ2n) is 12.1. The molecule has 9 nitrogen and oxygen atoms in total. The number of aliphatic hydroxyl groups is 2. The fourth-order valence-corrected chi connectivity index (χ4v) is 6.44. The third kappa shape index (κ3) is 8.53. The molecule has 0 spiro atoms. The lowest BCUT2D eigenvalue weighted by Crippen LogP contribution is -2.55. The zero-order valence-electron chi connectivity index (χ0n) is 26.9. The largest absolute Gasteiger partial charge is 0.493 e. The molecule has 250 valence electrons. The number of aliphatic hydroxyl groups excluding tert-OH is 2. The van der Waals surface area contributed by atoms with E-state index in [-0.39, 0.29) is 43.3 Å². The Morgan fingerprint density at radius 2 is 1.72 bits per heavy atom. The van der Waals surface area contributed by atoms with Crippen molar-refractivity contribution in [3.63, 3.8) is 0 Å². The molecule has 46 heavy (non-hydrogen) atoms. The van der Waals surface area contributed by atoms with Gasteiger partial charge in [0.05, 0.1) is 25.7 Å². The van der Waals surface area contributed by atoms with E-state index in [9.17, 15) is 29.0 Å². The zero-order chi connectivity index (χ0) is 33.1. The molecule has 3 N–H and O–H groups in total. The van der Waals surface area contributed by atoms with Crippen molar-refractivity contribution in [1.29, 1.82) is 0 Å². The number of aldehydes is 1. The van der Waals surface area contributed by atoms with Crippen molar-refractivity contribution in [2.45, 2.75) is 102 Å². The monoisotopic (exact) mass is 638 g/mol. The van der Waals surface area contributed by atoms with Crippen molar-refractivity contribution in [2.24, 2.45) is 0 Å². The number of unbranched alkanes of at least 4 members (excludes halogenated alkanes) is 8. The number of ether oxygens (including phenoxy) is 2. The van der Waals surface area contributed by atoms with Crippen LogP contribution in [0.2, 0.25) is 0 Å². The summed E-state index contributed by atoms with van der Waals surface area (Å²) in [4.78, 5) is 40.7. The van der Waals surface area contributed by atoms with Gasteiger partial charge in [0.25, 0.3) is 0 Å². The fraction of sp³-hybridized carbons (Fsp3) is 0.528. The molecule has 4 rings (SSSR count). The predicted octanol–water partition coefficient (Wildman–Crippen LogP) is 5.22. The molecule has 1 heterocycles. The zero-order valence-corrected chi connectivity index (χ0v) is 26.9. The van der Waals surface area contributed by atoms with Crippen molar-refractivity contribution < 1.29 is 38.5 Å². The number of nitrogens with one attached hydrogen (secondary N) is 1. The molecule has 0 radical (unpaired) electrons. The van der Waals surface area contributed by atoms with Crippen LogP contribution in [0, 0.1) is 5.82 Å². The highest BCUT2D eigenvalue weighted by Crippen LogP contribution is 2.51.